The van der Waals surface area contributed by atoms with Crippen LogP contribution in [0, 0.1) is 0 Å². The summed E-state index contributed by atoms with van der Waals surface area (Å²) >= 11 is 5.80. The lowest BCUT2D eigenvalue weighted by atomic mass is 10.6. The summed E-state index contributed by atoms with van der Waals surface area (Å²) in [6.07, 6.45) is 3.28. The minimum atomic E-state index is -0.590. The lowest BCUT2D eigenvalue weighted by molar-refractivity contribution is 0.249. The molecule has 19 heavy (non-hydrogen) atoms. The molecule has 2 aromatic heterocycles. The highest BCUT2D eigenvalue weighted by molar-refractivity contribution is 6.28. The van der Waals surface area contributed by atoms with Crippen molar-refractivity contribution in [2.45, 2.75) is 0 Å². The zero-order chi connectivity index (χ0) is 13.7. The first-order valence-corrected chi connectivity index (χ1v) is 5.72. The fraction of sp³-hybridized carbons (Fsp3) is 0.222. The van der Waals surface area contributed by atoms with Gasteiger partial charge < -0.3 is 16.4 Å². The summed E-state index contributed by atoms with van der Waals surface area (Å²) < 4.78 is 1.46. The van der Waals surface area contributed by atoms with Crippen LogP contribution < -0.4 is 16.4 Å². The van der Waals surface area contributed by atoms with E-state index in [1.165, 1.54) is 4.68 Å². The van der Waals surface area contributed by atoms with E-state index < -0.39 is 6.03 Å². The largest absolute Gasteiger partial charge is 0.352 e. The average molecular weight is 283 g/mol. The Morgan fingerprint density at radius 2 is 2.21 bits per heavy atom. The molecular weight excluding hydrogens is 272 g/mol. The molecule has 0 aliphatic carbocycles. The summed E-state index contributed by atoms with van der Waals surface area (Å²) in [4.78, 5) is 22.5. The van der Waals surface area contributed by atoms with E-state index in [4.69, 9.17) is 17.3 Å². The van der Waals surface area contributed by atoms with Crippen molar-refractivity contribution in [3.63, 3.8) is 0 Å². The number of halogens is 1. The van der Waals surface area contributed by atoms with Gasteiger partial charge in [-0.05, 0) is 17.7 Å². The van der Waals surface area contributed by atoms with Crippen LogP contribution in [0.5, 0.6) is 0 Å². The summed E-state index contributed by atoms with van der Waals surface area (Å²) in [7, 11) is 0. The number of nitrogens with two attached hydrogens (primary N) is 1. The van der Waals surface area contributed by atoms with E-state index in [1.807, 2.05) is 0 Å². The second-order valence-corrected chi connectivity index (χ2v) is 3.73. The minimum Gasteiger partial charge on any atom is -0.352 e. The summed E-state index contributed by atoms with van der Waals surface area (Å²) in [5.41, 5.74) is 4.93. The molecule has 2 heterocycles. The molecule has 0 unspecified atom stereocenters. The van der Waals surface area contributed by atoms with Crippen LogP contribution in [0.1, 0.15) is 0 Å². The van der Waals surface area contributed by atoms with Crippen LogP contribution in [0.3, 0.4) is 0 Å². The van der Waals surface area contributed by atoms with Crippen molar-refractivity contribution in [2.75, 3.05) is 18.4 Å². The zero-order valence-electron chi connectivity index (χ0n) is 9.75. The molecule has 0 aromatic carbocycles. The number of nitrogens with one attached hydrogen (secondary N) is 2. The van der Waals surface area contributed by atoms with E-state index in [2.05, 4.69) is 30.7 Å². The maximum Gasteiger partial charge on any atom is 0.312 e. The van der Waals surface area contributed by atoms with E-state index in [9.17, 15) is 4.79 Å². The fourth-order valence-electron chi connectivity index (χ4n) is 1.27. The van der Waals surface area contributed by atoms with Crippen molar-refractivity contribution in [1.82, 2.24) is 30.0 Å². The molecule has 2 rings (SSSR count). The number of urea groups is 1. The topological polar surface area (TPSA) is 124 Å². The Morgan fingerprint density at radius 3 is 2.89 bits per heavy atom. The highest BCUT2D eigenvalue weighted by Crippen LogP contribution is 2.08. The van der Waals surface area contributed by atoms with Crippen LogP contribution in [0.15, 0.2) is 18.5 Å². The summed E-state index contributed by atoms with van der Waals surface area (Å²) in [6.45, 7) is 0.748. The highest BCUT2D eigenvalue weighted by Gasteiger charge is 2.06. The Bertz CT molecular complexity index is 557. The lowest BCUT2D eigenvalue weighted by Crippen LogP contribution is -2.33. The molecule has 0 fully saturated rings. The number of primary amides is 1. The molecule has 0 atom stereocenters. The van der Waals surface area contributed by atoms with Gasteiger partial charge in [0.15, 0.2) is 0 Å². The van der Waals surface area contributed by atoms with Crippen LogP contribution >= 0.6 is 11.6 Å². The molecule has 2 aromatic rings. The Morgan fingerprint density at radius 1 is 1.37 bits per heavy atom. The third kappa shape index (κ3) is 3.78. The quantitative estimate of drug-likeness (QED) is 0.652. The molecule has 2 amide bonds. The third-order valence-corrected chi connectivity index (χ3v) is 2.18. The second kappa shape index (κ2) is 5.96. The first kappa shape index (κ1) is 13.0. The molecule has 0 saturated heterocycles. The highest BCUT2D eigenvalue weighted by atomic mass is 35.5. The first-order valence-electron chi connectivity index (χ1n) is 5.34. The third-order valence-electron chi connectivity index (χ3n) is 2.01. The van der Waals surface area contributed by atoms with Gasteiger partial charge in [0.2, 0.25) is 11.2 Å². The number of hydrogen-bond acceptors (Lipinski definition) is 6. The van der Waals surface area contributed by atoms with Gasteiger partial charge in [0.25, 0.3) is 5.95 Å². The monoisotopic (exact) mass is 282 g/mol. The molecule has 0 radical (unpaired) electrons. The fourth-order valence-corrected chi connectivity index (χ4v) is 1.42. The van der Waals surface area contributed by atoms with Crippen molar-refractivity contribution in [3.8, 4) is 5.95 Å². The number of carbonyl (C=O) groups is 1. The Kier molecular flexibility index (Phi) is 4.08. The molecule has 9 nitrogen and oxygen atoms in total. The minimum absolute atomic E-state index is 0.0471. The van der Waals surface area contributed by atoms with Gasteiger partial charge >= 0.3 is 6.03 Å². The number of rotatable bonds is 5. The van der Waals surface area contributed by atoms with E-state index in [-0.39, 0.29) is 11.2 Å². The van der Waals surface area contributed by atoms with E-state index in [1.54, 1.807) is 18.5 Å². The summed E-state index contributed by atoms with van der Waals surface area (Å²) in [6, 6.07) is 1.15. The number of hydrogen-bond donors (Lipinski definition) is 3. The number of nitrogens with zero attached hydrogens (tertiary/aromatic N) is 5. The summed E-state index contributed by atoms with van der Waals surface area (Å²) in [5.74, 6) is 0.590. The smallest absolute Gasteiger partial charge is 0.312 e. The molecule has 100 valence electrons. The normalized spacial score (nSPS) is 10.2. The molecule has 0 spiro atoms. The first-order chi connectivity index (χ1) is 9.15. The van der Waals surface area contributed by atoms with Crippen LogP contribution in [-0.2, 0) is 0 Å². The van der Waals surface area contributed by atoms with Crippen LogP contribution in [0.4, 0.5) is 10.7 Å². The van der Waals surface area contributed by atoms with Crippen molar-refractivity contribution in [2.24, 2.45) is 5.73 Å². The standard InChI is InChI=1S/C9H11ClN8O/c10-6-15-8(13-4-3-12-7(11)19)17-9(16-6)18-5-1-2-14-18/h1-2,5H,3-4H2,(H3,11,12,19)(H,13,15,16,17). The van der Waals surface area contributed by atoms with E-state index >= 15 is 0 Å². The van der Waals surface area contributed by atoms with Gasteiger partial charge in [-0.25, -0.2) is 9.48 Å². The number of amides is 2. The number of carbonyl (C=O) groups excluding carboxylic acids is 1. The van der Waals surface area contributed by atoms with Gasteiger partial charge in [0.05, 0.1) is 0 Å². The molecule has 0 saturated carbocycles. The van der Waals surface area contributed by atoms with Gasteiger partial charge in [-0.2, -0.15) is 20.1 Å². The van der Waals surface area contributed by atoms with Crippen molar-refractivity contribution < 1.29 is 4.79 Å². The molecule has 10 heteroatoms. The van der Waals surface area contributed by atoms with Crippen molar-refractivity contribution in [1.29, 1.82) is 0 Å². The zero-order valence-corrected chi connectivity index (χ0v) is 10.5. The maximum absolute atomic E-state index is 10.5. The SMILES string of the molecule is NC(=O)NCCNc1nc(Cl)nc(-n2cccn2)n1. The van der Waals surface area contributed by atoms with Crippen LogP contribution in [0.2, 0.25) is 5.28 Å². The Hall–Kier alpha value is -2.42. The van der Waals surface area contributed by atoms with Crippen molar-refractivity contribution in [3.05, 3.63) is 23.7 Å². The van der Waals surface area contributed by atoms with Crippen LogP contribution in [0.25, 0.3) is 5.95 Å². The predicted molar refractivity (Wildman–Crippen MR) is 68.0 cm³/mol. The Labute approximate surface area is 113 Å². The molecule has 0 bridgehead atoms. The van der Waals surface area contributed by atoms with Crippen molar-refractivity contribution >= 4 is 23.6 Å². The average Bonchev–Trinajstić information content (AvgIpc) is 2.87. The van der Waals surface area contributed by atoms with Gasteiger partial charge in [0, 0.05) is 25.5 Å². The van der Waals surface area contributed by atoms with Crippen LogP contribution in [-0.4, -0.2) is 43.9 Å². The number of aromatic nitrogens is 5. The van der Waals surface area contributed by atoms with Gasteiger partial charge in [-0.1, -0.05) is 0 Å². The van der Waals surface area contributed by atoms with E-state index in [0.717, 1.165) is 0 Å². The molecule has 0 aliphatic rings. The predicted octanol–water partition coefficient (Wildman–Crippen LogP) is -0.209. The van der Waals surface area contributed by atoms with E-state index in [0.29, 0.717) is 19.0 Å². The lowest BCUT2D eigenvalue weighted by Gasteiger charge is -2.06. The van der Waals surface area contributed by atoms with Gasteiger partial charge in [-0.3, -0.25) is 0 Å². The summed E-state index contributed by atoms with van der Waals surface area (Å²) in [5, 5.41) is 9.35. The van der Waals surface area contributed by atoms with Gasteiger partial charge in [0.1, 0.15) is 0 Å². The molecule has 0 aliphatic heterocycles. The van der Waals surface area contributed by atoms with Gasteiger partial charge in [-0.15, -0.1) is 0 Å². The molecular formula is C9H11ClN8O. The number of anilines is 1. The maximum atomic E-state index is 10.5. The molecule has 4 N–H and O–H groups in total. The Balaban J connectivity index is 2.03. The second-order valence-electron chi connectivity index (χ2n) is 3.40.